The van der Waals surface area contributed by atoms with Crippen LogP contribution in [0, 0.1) is 13.8 Å². The van der Waals surface area contributed by atoms with Gasteiger partial charge in [0.2, 0.25) is 5.09 Å². The molecule has 0 radical (unpaired) electrons. The van der Waals surface area contributed by atoms with Crippen molar-refractivity contribution in [2.24, 2.45) is 0 Å². The van der Waals surface area contributed by atoms with E-state index in [0.717, 1.165) is 15.4 Å². The Balaban J connectivity index is 2.20. The van der Waals surface area contributed by atoms with E-state index in [0.29, 0.717) is 5.56 Å². The Morgan fingerprint density at radius 3 is 2.04 bits per heavy atom. The number of aryl methyl sites for hydroxylation is 2. The molecule has 2 rings (SSSR count). The van der Waals surface area contributed by atoms with Crippen LogP contribution in [0.5, 0.6) is 0 Å². The van der Waals surface area contributed by atoms with Gasteiger partial charge in [-0.05, 0) is 31.5 Å². The smallest absolute Gasteiger partial charge is 0.275 e. The van der Waals surface area contributed by atoms with Gasteiger partial charge in [-0.2, -0.15) is 0 Å². The van der Waals surface area contributed by atoms with Crippen LogP contribution < -0.4 is 0 Å². The van der Waals surface area contributed by atoms with E-state index in [9.17, 15) is 16.8 Å². The highest BCUT2D eigenvalue weighted by molar-refractivity contribution is 7.90. The topological polar surface area (TPSA) is 84.7 Å². The van der Waals surface area contributed by atoms with Crippen LogP contribution >= 0.6 is 0 Å². The van der Waals surface area contributed by atoms with Gasteiger partial charge < -0.3 is 4.42 Å². The van der Waals surface area contributed by atoms with Gasteiger partial charge in [0.25, 0.3) is 10.0 Å². The van der Waals surface area contributed by atoms with Gasteiger partial charge >= 0.3 is 0 Å². The predicted molar refractivity (Wildman–Crippen MR) is 91.8 cm³/mol. The second-order valence-electron chi connectivity index (χ2n) is 6.04. The molecular formula is C16H21NO5S2. The van der Waals surface area contributed by atoms with Crippen LogP contribution in [0.1, 0.15) is 22.5 Å². The lowest BCUT2D eigenvalue weighted by atomic mass is 10.1. The fraction of sp³-hybridized carbons (Fsp3) is 0.375. The summed E-state index contributed by atoms with van der Waals surface area (Å²) in [7, 11) is -4.42. The molecule has 0 spiro atoms. The van der Waals surface area contributed by atoms with Crippen molar-refractivity contribution in [2.45, 2.75) is 30.4 Å². The van der Waals surface area contributed by atoms with E-state index >= 15 is 0 Å². The van der Waals surface area contributed by atoms with Crippen LogP contribution in [0.15, 0.2) is 39.8 Å². The Kier molecular flexibility index (Phi) is 5.22. The lowest BCUT2D eigenvalue weighted by Crippen LogP contribution is -2.21. The molecule has 0 atom stereocenters. The zero-order valence-corrected chi connectivity index (χ0v) is 15.7. The van der Waals surface area contributed by atoms with Crippen LogP contribution in [0.3, 0.4) is 0 Å². The van der Waals surface area contributed by atoms with E-state index in [4.69, 9.17) is 4.42 Å². The molecule has 132 valence electrons. The number of hydrogen-bond acceptors (Lipinski definition) is 5. The third-order valence-electron chi connectivity index (χ3n) is 3.40. The summed E-state index contributed by atoms with van der Waals surface area (Å²) in [5.41, 5.74) is 2.70. The normalized spacial score (nSPS) is 12.7. The summed E-state index contributed by atoms with van der Waals surface area (Å²) in [5.74, 6) is -0.352. The maximum absolute atomic E-state index is 12.4. The third kappa shape index (κ3) is 4.46. The average Bonchev–Trinajstić information content (AvgIpc) is 2.84. The molecule has 24 heavy (non-hydrogen) atoms. The van der Waals surface area contributed by atoms with Crippen molar-refractivity contribution in [1.29, 1.82) is 0 Å². The molecule has 0 aliphatic heterocycles. The van der Waals surface area contributed by atoms with Crippen molar-refractivity contribution in [1.82, 2.24) is 4.31 Å². The average molecular weight is 371 g/mol. The summed E-state index contributed by atoms with van der Waals surface area (Å²) in [6.45, 7) is 3.82. The number of nitrogens with zero attached hydrogens (tertiary/aromatic N) is 1. The van der Waals surface area contributed by atoms with Crippen molar-refractivity contribution in [3.05, 3.63) is 52.8 Å². The molecule has 2 aromatic rings. The SMILES string of the molecule is Cc1cc(C)cc(CS(=O)(=O)Cc2ccc(S(=O)(=O)N(C)C)o2)c1. The zero-order valence-electron chi connectivity index (χ0n) is 14.1. The van der Waals surface area contributed by atoms with Gasteiger partial charge in [-0.25, -0.2) is 21.1 Å². The minimum absolute atomic E-state index is 0.111. The molecule has 1 aromatic heterocycles. The Labute approximate surface area is 143 Å². The van der Waals surface area contributed by atoms with E-state index in [1.807, 2.05) is 32.0 Å². The summed E-state index contributed by atoms with van der Waals surface area (Å²) in [4.78, 5) is 0. The molecule has 0 aliphatic rings. The number of rotatable bonds is 6. The number of hydrogen-bond donors (Lipinski definition) is 0. The quantitative estimate of drug-likeness (QED) is 0.778. The molecule has 0 aliphatic carbocycles. The van der Waals surface area contributed by atoms with Crippen molar-refractivity contribution in [2.75, 3.05) is 14.1 Å². The van der Waals surface area contributed by atoms with Crippen LogP contribution in [-0.2, 0) is 31.4 Å². The molecule has 8 heteroatoms. The largest absolute Gasteiger partial charge is 0.447 e. The minimum atomic E-state index is -3.71. The van der Waals surface area contributed by atoms with Gasteiger partial charge in [0.1, 0.15) is 11.5 Å². The third-order valence-corrected chi connectivity index (χ3v) is 6.59. The highest BCUT2D eigenvalue weighted by Gasteiger charge is 2.23. The summed E-state index contributed by atoms with van der Waals surface area (Å²) in [5, 5.41) is -0.260. The van der Waals surface area contributed by atoms with E-state index < -0.39 is 19.9 Å². The van der Waals surface area contributed by atoms with Gasteiger partial charge in [0.05, 0.1) is 5.75 Å². The molecular weight excluding hydrogens is 350 g/mol. The monoisotopic (exact) mass is 371 g/mol. The zero-order chi connectivity index (χ0) is 18.1. The van der Waals surface area contributed by atoms with E-state index in [-0.39, 0.29) is 22.4 Å². The van der Waals surface area contributed by atoms with Crippen molar-refractivity contribution >= 4 is 19.9 Å². The predicted octanol–water partition coefficient (Wildman–Crippen LogP) is 2.26. The lowest BCUT2D eigenvalue weighted by molar-refractivity contribution is 0.406. The van der Waals surface area contributed by atoms with Crippen molar-refractivity contribution < 1.29 is 21.3 Å². The molecule has 0 bridgehead atoms. The minimum Gasteiger partial charge on any atom is -0.447 e. The molecule has 1 heterocycles. The fourth-order valence-electron chi connectivity index (χ4n) is 2.43. The number of benzene rings is 1. The highest BCUT2D eigenvalue weighted by Crippen LogP contribution is 2.20. The number of sulfonamides is 1. The summed E-state index contributed by atoms with van der Waals surface area (Å²) < 4.78 is 54.9. The molecule has 0 saturated heterocycles. The maximum Gasteiger partial charge on any atom is 0.275 e. The molecule has 0 N–H and O–H groups in total. The number of sulfone groups is 1. The van der Waals surface area contributed by atoms with Gasteiger partial charge in [-0.1, -0.05) is 29.3 Å². The van der Waals surface area contributed by atoms with Crippen molar-refractivity contribution in [3.63, 3.8) is 0 Å². The van der Waals surface area contributed by atoms with Gasteiger partial charge in [-0.15, -0.1) is 0 Å². The molecule has 1 aromatic carbocycles. The van der Waals surface area contributed by atoms with Gasteiger partial charge in [0.15, 0.2) is 9.84 Å². The van der Waals surface area contributed by atoms with Crippen LogP contribution in [0.4, 0.5) is 0 Å². The first-order valence-corrected chi connectivity index (χ1v) is 10.5. The first kappa shape index (κ1) is 18.7. The summed E-state index contributed by atoms with van der Waals surface area (Å²) in [6, 6.07) is 8.29. The van der Waals surface area contributed by atoms with Crippen LogP contribution in [-0.4, -0.2) is 35.2 Å². The van der Waals surface area contributed by atoms with E-state index in [1.165, 1.54) is 26.2 Å². The second kappa shape index (κ2) is 6.70. The summed E-state index contributed by atoms with van der Waals surface area (Å²) in [6.07, 6.45) is 0. The maximum atomic E-state index is 12.4. The molecule has 6 nitrogen and oxygen atoms in total. The van der Waals surface area contributed by atoms with Gasteiger partial charge in [0, 0.05) is 14.1 Å². The first-order valence-electron chi connectivity index (χ1n) is 7.28. The lowest BCUT2D eigenvalue weighted by Gasteiger charge is -2.08. The van der Waals surface area contributed by atoms with Crippen LogP contribution in [0.25, 0.3) is 0 Å². The van der Waals surface area contributed by atoms with Crippen LogP contribution in [0.2, 0.25) is 0 Å². The van der Waals surface area contributed by atoms with E-state index in [2.05, 4.69) is 0 Å². The number of furan rings is 1. The Morgan fingerprint density at radius 2 is 1.50 bits per heavy atom. The molecule has 0 fully saturated rings. The Morgan fingerprint density at radius 1 is 0.917 bits per heavy atom. The summed E-state index contributed by atoms with van der Waals surface area (Å²) >= 11 is 0. The second-order valence-corrected chi connectivity index (χ2v) is 10.2. The molecule has 0 unspecified atom stereocenters. The first-order chi connectivity index (χ1) is 11.0. The fourth-order valence-corrected chi connectivity index (χ4v) is 4.61. The van der Waals surface area contributed by atoms with E-state index in [1.54, 1.807) is 0 Å². The van der Waals surface area contributed by atoms with Gasteiger partial charge in [-0.3, -0.25) is 0 Å². The molecule has 0 amide bonds. The Hall–Kier alpha value is -1.64. The Bertz CT molecular complexity index is 920. The standard InChI is InChI=1S/C16H21NO5S2/c1-12-7-13(2)9-14(8-12)10-23(18,19)11-15-5-6-16(22-15)24(20,21)17(3)4/h5-9H,10-11H2,1-4H3. The molecule has 0 saturated carbocycles. The highest BCUT2D eigenvalue weighted by atomic mass is 32.2. The van der Waals surface area contributed by atoms with Crippen molar-refractivity contribution in [3.8, 4) is 0 Å².